The maximum atomic E-state index is 12.5. The van der Waals surface area contributed by atoms with E-state index in [1.54, 1.807) is 6.20 Å². The summed E-state index contributed by atoms with van der Waals surface area (Å²) in [7, 11) is 0. The minimum Gasteiger partial charge on any atom is -0.339 e. The molecular weight excluding hydrogens is 306 g/mol. The molecule has 1 saturated heterocycles. The number of hydrogen-bond donors (Lipinski definition) is 0. The number of carbonyl (C=O) groups is 1. The van der Waals surface area contributed by atoms with Gasteiger partial charge in [0, 0.05) is 44.0 Å². The molecule has 0 atom stereocenters. The molecule has 0 aromatic carbocycles. The highest BCUT2D eigenvalue weighted by Crippen LogP contribution is 2.38. The summed E-state index contributed by atoms with van der Waals surface area (Å²) < 4.78 is 5.30. The number of piperazine rings is 1. The first-order chi connectivity index (χ1) is 11.7. The van der Waals surface area contributed by atoms with Crippen LogP contribution in [0, 0.1) is 6.92 Å². The fourth-order valence-corrected chi connectivity index (χ4v) is 2.91. The summed E-state index contributed by atoms with van der Waals surface area (Å²) in [5, 5.41) is 4.06. The molecular formula is C17H21N5O2. The number of nitrogens with zero attached hydrogens (tertiary/aromatic N) is 5. The molecule has 0 radical (unpaired) electrons. The van der Waals surface area contributed by atoms with Crippen LogP contribution in [0.25, 0.3) is 0 Å². The zero-order chi connectivity index (χ0) is 16.5. The predicted molar refractivity (Wildman–Crippen MR) is 86.4 cm³/mol. The molecule has 0 N–H and O–H groups in total. The SMILES string of the molecule is Cc1ccc(C(=O)N2CCN(Cc3noc(C4CC4)n3)CC2)cn1. The number of amides is 1. The van der Waals surface area contributed by atoms with Crippen LogP contribution in [0.5, 0.6) is 0 Å². The van der Waals surface area contributed by atoms with Crippen molar-refractivity contribution in [3.63, 3.8) is 0 Å². The average molecular weight is 327 g/mol. The Morgan fingerprint density at radius 1 is 1.25 bits per heavy atom. The van der Waals surface area contributed by atoms with Gasteiger partial charge in [-0.2, -0.15) is 4.98 Å². The smallest absolute Gasteiger partial charge is 0.255 e. The molecule has 2 aliphatic rings. The van der Waals surface area contributed by atoms with Crippen LogP contribution in [0.4, 0.5) is 0 Å². The Kier molecular flexibility index (Phi) is 4.02. The maximum absolute atomic E-state index is 12.5. The third-order valence-electron chi connectivity index (χ3n) is 4.59. The van der Waals surface area contributed by atoms with Gasteiger partial charge in [-0.15, -0.1) is 0 Å². The van der Waals surface area contributed by atoms with Crippen LogP contribution in [-0.2, 0) is 6.54 Å². The minimum atomic E-state index is 0.0535. The van der Waals surface area contributed by atoms with Gasteiger partial charge < -0.3 is 9.42 Å². The van der Waals surface area contributed by atoms with Crippen LogP contribution in [0.2, 0.25) is 0 Å². The monoisotopic (exact) mass is 327 g/mol. The highest BCUT2D eigenvalue weighted by Gasteiger charge is 2.30. The normalized spacial score (nSPS) is 18.8. The molecule has 2 fully saturated rings. The molecule has 3 heterocycles. The second-order valence-corrected chi connectivity index (χ2v) is 6.58. The van der Waals surface area contributed by atoms with Crippen molar-refractivity contribution in [1.82, 2.24) is 24.9 Å². The zero-order valence-electron chi connectivity index (χ0n) is 13.8. The van der Waals surface area contributed by atoms with E-state index in [1.807, 2.05) is 24.0 Å². The Bertz CT molecular complexity index is 715. The van der Waals surface area contributed by atoms with Gasteiger partial charge in [0.1, 0.15) is 0 Å². The Balaban J connectivity index is 1.30. The first-order valence-corrected chi connectivity index (χ1v) is 8.46. The Morgan fingerprint density at radius 3 is 2.71 bits per heavy atom. The topological polar surface area (TPSA) is 75.4 Å². The van der Waals surface area contributed by atoms with Gasteiger partial charge in [-0.1, -0.05) is 5.16 Å². The van der Waals surface area contributed by atoms with Crippen molar-refractivity contribution in [3.8, 4) is 0 Å². The van der Waals surface area contributed by atoms with Crippen molar-refractivity contribution in [2.75, 3.05) is 26.2 Å². The summed E-state index contributed by atoms with van der Waals surface area (Å²) in [6, 6.07) is 3.72. The van der Waals surface area contributed by atoms with Crippen molar-refractivity contribution < 1.29 is 9.32 Å². The highest BCUT2D eigenvalue weighted by atomic mass is 16.5. The van der Waals surface area contributed by atoms with E-state index in [0.717, 1.165) is 43.3 Å². The van der Waals surface area contributed by atoms with Gasteiger partial charge in [0.25, 0.3) is 5.91 Å². The van der Waals surface area contributed by atoms with Gasteiger partial charge in [0.2, 0.25) is 5.89 Å². The number of aryl methyl sites for hydroxylation is 1. The molecule has 24 heavy (non-hydrogen) atoms. The Morgan fingerprint density at radius 2 is 2.04 bits per heavy atom. The molecule has 126 valence electrons. The highest BCUT2D eigenvalue weighted by molar-refractivity contribution is 5.94. The van der Waals surface area contributed by atoms with Crippen LogP contribution in [0.15, 0.2) is 22.9 Å². The lowest BCUT2D eigenvalue weighted by atomic mass is 10.2. The number of aromatic nitrogens is 3. The van der Waals surface area contributed by atoms with Crippen LogP contribution in [-0.4, -0.2) is 57.0 Å². The molecule has 1 saturated carbocycles. The second-order valence-electron chi connectivity index (χ2n) is 6.58. The molecule has 1 amide bonds. The van der Waals surface area contributed by atoms with Crippen molar-refractivity contribution in [2.45, 2.75) is 32.2 Å². The molecule has 0 bridgehead atoms. The third kappa shape index (κ3) is 3.31. The van der Waals surface area contributed by atoms with E-state index in [2.05, 4.69) is 20.0 Å². The van der Waals surface area contributed by atoms with E-state index < -0.39 is 0 Å². The summed E-state index contributed by atoms with van der Waals surface area (Å²) in [6.45, 7) is 5.65. The zero-order valence-corrected chi connectivity index (χ0v) is 13.8. The molecule has 0 unspecified atom stereocenters. The molecule has 7 heteroatoms. The molecule has 0 spiro atoms. The van der Waals surface area contributed by atoms with E-state index in [9.17, 15) is 4.79 Å². The fraction of sp³-hybridized carbons (Fsp3) is 0.529. The summed E-state index contributed by atoms with van der Waals surface area (Å²) in [5.74, 6) is 2.08. The van der Waals surface area contributed by atoms with E-state index >= 15 is 0 Å². The van der Waals surface area contributed by atoms with Crippen LogP contribution in [0.1, 0.15) is 46.5 Å². The lowest BCUT2D eigenvalue weighted by Crippen LogP contribution is -2.48. The van der Waals surface area contributed by atoms with Crippen molar-refractivity contribution in [1.29, 1.82) is 0 Å². The minimum absolute atomic E-state index is 0.0535. The fourth-order valence-electron chi connectivity index (χ4n) is 2.91. The van der Waals surface area contributed by atoms with E-state index in [1.165, 1.54) is 0 Å². The number of pyridine rings is 1. The molecule has 1 aliphatic heterocycles. The quantitative estimate of drug-likeness (QED) is 0.849. The predicted octanol–water partition coefficient (Wildman–Crippen LogP) is 1.61. The summed E-state index contributed by atoms with van der Waals surface area (Å²) >= 11 is 0. The average Bonchev–Trinajstić information content (AvgIpc) is 3.36. The van der Waals surface area contributed by atoms with E-state index in [0.29, 0.717) is 31.1 Å². The van der Waals surface area contributed by atoms with E-state index in [-0.39, 0.29) is 5.91 Å². The number of hydrogen-bond acceptors (Lipinski definition) is 6. The first-order valence-electron chi connectivity index (χ1n) is 8.46. The Labute approximate surface area is 140 Å². The van der Waals surface area contributed by atoms with Crippen molar-refractivity contribution in [3.05, 3.63) is 41.3 Å². The lowest BCUT2D eigenvalue weighted by molar-refractivity contribution is 0.0624. The summed E-state index contributed by atoms with van der Waals surface area (Å²) in [4.78, 5) is 25.3. The summed E-state index contributed by atoms with van der Waals surface area (Å²) in [6.07, 6.45) is 3.98. The van der Waals surface area contributed by atoms with Gasteiger partial charge >= 0.3 is 0 Å². The molecule has 4 rings (SSSR count). The van der Waals surface area contributed by atoms with Gasteiger partial charge in [-0.05, 0) is 31.9 Å². The molecule has 7 nitrogen and oxygen atoms in total. The molecule has 2 aromatic rings. The van der Waals surface area contributed by atoms with Gasteiger partial charge in [-0.25, -0.2) is 0 Å². The second kappa shape index (κ2) is 6.32. The van der Waals surface area contributed by atoms with Crippen molar-refractivity contribution in [2.24, 2.45) is 0 Å². The lowest BCUT2D eigenvalue weighted by Gasteiger charge is -2.34. The van der Waals surface area contributed by atoms with Gasteiger partial charge in [0.15, 0.2) is 5.82 Å². The standard InChI is InChI=1S/C17H21N5O2/c1-12-2-3-14(10-18-12)17(23)22-8-6-21(7-9-22)11-15-19-16(24-20-15)13-4-5-13/h2-3,10,13H,4-9,11H2,1H3. The molecule has 2 aromatic heterocycles. The maximum Gasteiger partial charge on any atom is 0.255 e. The van der Waals surface area contributed by atoms with Crippen LogP contribution >= 0.6 is 0 Å². The summed E-state index contributed by atoms with van der Waals surface area (Å²) in [5.41, 5.74) is 1.57. The van der Waals surface area contributed by atoms with Crippen LogP contribution < -0.4 is 0 Å². The largest absolute Gasteiger partial charge is 0.339 e. The third-order valence-corrected chi connectivity index (χ3v) is 4.59. The van der Waals surface area contributed by atoms with Crippen LogP contribution in [0.3, 0.4) is 0 Å². The van der Waals surface area contributed by atoms with Gasteiger partial charge in [0.05, 0.1) is 12.1 Å². The number of carbonyl (C=O) groups excluding carboxylic acids is 1. The van der Waals surface area contributed by atoms with Gasteiger partial charge in [-0.3, -0.25) is 14.7 Å². The van der Waals surface area contributed by atoms with E-state index in [4.69, 9.17) is 4.52 Å². The molecule has 1 aliphatic carbocycles. The first kappa shape index (κ1) is 15.3. The van der Waals surface area contributed by atoms with Crippen molar-refractivity contribution >= 4 is 5.91 Å². The Hall–Kier alpha value is -2.28. The number of rotatable bonds is 4.